The minimum atomic E-state index is -3.95. The van der Waals surface area contributed by atoms with E-state index in [0.717, 1.165) is 15.1 Å². The second kappa shape index (κ2) is 6.45. The molecule has 1 aliphatic heterocycles. The number of fused-ring (bicyclic) bond motifs is 2. The third-order valence-electron chi connectivity index (χ3n) is 4.72. The normalized spacial score (nSPS) is 15.1. The van der Waals surface area contributed by atoms with E-state index in [2.05, 4.69) is 5.32 Å². The van der Waals surface area contributed by atoms with E-state index >= 15 is 0 Å². The van der Waals surface area contributed by atoms with Gasteiger partial charge in [0, 0.05) is 22.7 Å². The van der Waals surface area contributed by atoms with Gasteiger partial charge in [-0.1, -0.05) is 36.4 Å². The largest absolute Gasteiger partial charge is 0.321 e. The molecule has 0 saturated carbocycles. The van der Waals surface area contributed by atoms with Gasteiger partial charge < -0.3 is 5.32 Å². The fourth-order valence-electron chi connectivity index (χ4n) is 3.43. The monoisotopic (exact) mass is 394 g/mol. The molecule has 1 aliphatic rings. The van der Waals surface area contributed by atoms with Crippen molar-refractivity contribution in [1.29, 1.82) is 0 Å². The van der Waals surface area contributed by atoms with Crippen LogP contribution in [0.3, 0.4) is 0 Å². The molecule has 0 atom stereocenters. The van der Waals surface area contributed by atoms with Crippen molar-refractivity contribution in [2.24, 2.45) is 0 Å². The summed E-state index contributed by atoms with van der Waals surface area (Å²) in [5.41, 5.74) is 0.899. The smallest absolute Gasteiger partial charge is 0.269 e. The summed E-state index contributed by atoms with van der Waals surface area (Å²) in [4.78, 5) is 25.1. The molecule has 142 valence electrons. The molecule has 0 fully saturated rings. The lowest BCUT2D eigenvalue weighted by Gasteiger charge is -2.18. The lowest BCUT2D eigenvalue weighted by Crippen LogP contribution is -2.36. The Morgan fingerprint density at radius 2 is 1.71 bits per heavy atom. The molecule has 1 heterocycles. The number of anilines is 1. The van der Waals surface area contributed by atoms with E-state index in [-0.39, 0.29) is 16.0 Å². The highest BCUT2D eigenvalue weighted by molar-refractivity contribution is 7.90. The minimum absolute atomic E-state index is 0.0930. The highest BCUT2D eigenvalue weighted by Crippen LogP contribution is 2.33. The number of sulfonamides is 1. The number of benzene rings is 3. The molecule has 0 aromatic heterocycles. The summed E-state index contributed by atoms with van der Waals surface area (Å²) in [6.45, 7) is 3.27. The molecule has 0 spiro atoms. The first-order valence-corrected chi connectivity index (χ1v) is 10.3. The number of nitrogens with zero attached hydrogens (tertiary/aromatic N) is 1. The number of nitrogens with one attached hydrogen (secondary N) is 1. The molecule has 6 nitrogen and oxygen atoms in total. The summed E-state index contributed by atoms with van der Waals surface area (Å²) in [6.07, 6.45) is 0. The average molecular weight is 394 g/mol. The van der Waals surface area contributed by atoms with Crippen molar-refractivity contribution in [3.63, 3.8) is 0 Å². The summed E-state index contributed by atoms with van der Waals surface area (Å²) >= 11 is 0. The van der Waals surface area contributed by atoms with Gasteiger partial charge in [-0.15, -0.1) is 0 Å². The van der Waals surface area contributed by atoms with Gasteiger partial charge in [-0.2, -0.15) is 0 Å². The summed E-state index contributed by atoms with van der Waals surface area (Å²) in [7, 11) is -3.95. The average Bonchev–Trinajstić information content (AvgIpc) is 2.87. The first kappa shape index (κ1) is 18.2. The Balaban J connectivity index is 1.71. The predicted molar refractivity (Wildman–Crippen MR) is 107 cm³/mol. The van der Waals surface area contributed by atoms with Crippen LogP contribution in [0.15, 0.2) is 65.6 Å². The second-order valence-corrected chi connectivity index (χ2v) is 8.67. The first-order chi connectivity index (χ1) is 13.3. The zero-order valence-corrected chi connectivity index (χ0v) is 16.2. The molecule has 0 aliphatic carbocycles. The maximum absolute atomic E-state index is 12.8. The van der Waals surface area contributed by atoms with Gasteiger partial charge >= 0.3 is 0 Å². The number of carbonyl (C=O) groups is 2. The molecule has 0 saturated heterocycles. The molecule has 0 bridgehead atoms. The van der Waals surface area contributed by atoms with E-state index in [9.17, 15) is 18.0 Å². The number of hydrogen-bond donors (Lipinski definition) is 1. The van der Waals surface area contributed by atoms with Crippen LogP contribution in [0, 0.1) is 0 Å². The van der Waals surface area contributed by atoms with Crippen molar-refractivity contribution in [3.05, 3.63) is 71.8 Å². The Morgan fingerprint density at radius 1 is 1.00 bits per heavy atom. The van der Waals surface area contributed by atoms with Crippen LogP contribution in [-0.4, -0.2) is 30.6 Å². The molecule has 0 radical (unpaired) electrons. The predicted octanol–water partition coefficient (Wildman–Crippen LogP) is 3.65. The van der Waals surface area contributed by atoms with Gasteiger partial charge in [0.2, 0.25) is 0 Å². The molecule has 3 aromatic rings. The van der Waals surface area contributed by atoms with Crippen LogP contribution < -0.4 is 5.32 Å². The zero-order valence-electron chi connectivity index (χ0n) is 15.3. The van der Waals surface area contributed by atoms with E-state index in [0.29, 0.717) is 5.69 Å². The summed E-state index contributed by atoms with van der Waals surface area (Å²) < 4.78 is 26.3. The third-order valence-corrected chi connectivity index (χ3v) is 6.72. The van der Waals surface area contributed by atoms with E-state index < -0.39 is 27.9 Å². The second-order valence-electron chi connectivity index (χ2n) is 6.89. The summed E-state index contributed by atoms with van der Waals surface area (Å²) in [6, 6.07) is 16.8. The van der Waals surface area contributed by atoms with Crippen LogP contribution in [0.1, 0.15) is 34.6 Å². The van der Waals surface area contributed by atoms with Crippen molar-refractivity contribution in [2.75, 3.05) is 5.32 Å². The number of hydrogen-bond acceptors (Lipinski definition) is 4. The molecule has 3 aromatic carbocycles. The zero-order chi connectivity index (χ0) is 20.1. The quantitative estimate of drug-likeness (QED) is 0.735. The van der Waals surface area contributed by atoms with E-state index in [1.54, 1.807) is 19.9 Å². The fraction of sp³-hybridized carbons (Fsp3) is 0.143. The molecule has 7 heteroatoms. The Kier molecular flexibility index (Phi) is 4.19. The third kappa shape index (κ3) is 2.75. The van der Waals surface area contributed by atoms with Crippen molar-refractivity contribution < 1.29 is 18.0 Å². The van der Waals surface area contributed by atoms with Crippen molar-refractivity contribution in [1.82, 2.24) is 4.31 Å². The Bertz CT molecular complexity index is 1230. The van der Waals surface area contributed by atoms with Crippen LogP contribution in [0.4, 0.5) is 5.69 Å². The number of rotatable bonds is 3. The van der Waals surface area contributed by atoms with Gasteiger partial charge in [0.25, 0.3) is 21.8 Å². The first-order valence-electron chi connectivity index (χ1n) is 8.82. The maximum atomic E-state index is 12.8. The number of carbonyl (C=O) groups excluding carboxylic acids is 2. The number of amides is 2. The van der Waals surface area contributed by atoms with E-state index in [1.165, 1.54) is 18.2 Å². The summed E-state index contributed by atoms with van der Waals surface area (Å²) in [5, 5.41) is 4.70. The van der Waals surface area contributed by atoms with Crippen molar-refractivity contribution in [3.8, 4) is 0 Å². The van der Waals surface area contributed by atoms with Crippen LogP contribution in [0.2, 0.25) is 0 Å². The lowest BCUT2D eigenvalue weighted by molar-refractivity contribution is 0.0846. The molecule has 0 unspecified atom stereocenters. The highest BCUT2D eigenvalue weighted by Gasteiger charge is 2.42. The van der Waals surface area contributed by atoms with Gasteiger partial charge in [-0.05, 0) is 43.5 Å². The summed E-state index contributed by atoms with van der Waals surface area (Å²) in [5.74, 6) is -1.00. The Labute approximate surface area is 162 Å². The Hall–Kier alpha value is -3.19. The fourth-order valence-corrected chi connectivity index (χ4v) is 5.22. The van der Waals surface area contributed by atoms with Crippen molar-refractivity contribution in [2.45, 2.75) is 24.8 Å². The molecule has 4 rings (SSSR count). The van der Waals surface area contributed by atoms with Gasteiger partial charge in [0.05, 0.1) is 5.56 Å². The van der Waals surface area contributed by atoms with Crippen LogP contribution in [0.5, 0.6) is 0 Å². The van der Waals surface area contributed by atoms with Gasteiger partial charge in [-0.25, -0.2) is 12.7 Å². The van der Waals surface area contributed by atoms with Crippen LogP contribution >= 0.6 is 0 Å². The van der Waals surface area contributed by atoms with Crippen molar-refractivity contribution >= 4 is 38.3 Å². The van der Waals surface area contributed by atoms with Crippen LogP contribution in [0.25, 0.3) is 10.8 Å². The molecular formula is C21H18N2O4S. The van der Waals surface area contributed by atoms with Gasteiger partial charge in [-0.3, -0.25) is 9.59 Å². The van der Waals surface area contributed by atoms with Gasteiger partial charge in [0.1, 0.15) is 4.90 Å². The van der Waals surface area contributed by atoms with Gasteiger partial charge in [0.15, 0.2) is 0 Å². The topological polar surface area (TPSA) is 83.6 Å². The molecule has 2 amide bonds. The van der Waals surface area contributed by atoms with Crippen LogP contribution in [-0.2, 0) is 10.0 Å². The van der Waals surface area contributed by atoms with E-state index in [1.807, 2.05) is 36.4 Å². The molecule has 1 N–H and O–H groups in total. The maximum Gasteiger partial charge on any atom is 0.269 e. The Morgan fingerprint density at radius 3 is 2.46 bits per heavy atom. The highest BCUT2D eigenvalue weighted by atomic mass is 32.2. The van der Waals surface area contributed by atoms with E-state index in [4.69, 9.17) is 0 Å². The molecule has 28 heavy (non-hydrogen) atoms. The molecular weight excluding hydrogens is 376 g/mol. The lowest BCUT2D eigenvalue weighted by atomic mass is 10.1. The minimum Gasteiger partial charge on any atom is -0.321 e. The standard InChI is InChI=1S/C21H18N2O4S/c1-13(2)23-21(25)17-11-10-15(12-19(17)28(23,26)27)20(24)22-18-9-5-7-14-6-3-4-8-16(14)18/h3-13H,1-2H3,(H,22,24). The SMILES string of the molecule is CC(C)N1C(=O)c2ccc(C(=O)Nc3cccc4ccccc34)cc2S1(=O)=O.